The number of rotatable bonds is 3. The van der Waals surface area contributed by atoms with Gasteiger partial charge in [0.2, 0.25) is 5.91 Å². The van der Waals surface area contributed by atoms with Gasteiger partial charge in [0, 0.05) is 43.3 Å². The lowest BCUT2D eigenvalue weighted by Gasteiger charge is -2.31. The van der Waals surface area contributed by atoms with Crippen LogP contribution in [0.15, 0.2) is 18.2 Å². The second-order valence-electron chi connectivity index (χ2n) is 6.70. The molecule has 1 N–H and O–H groups in total. The van der Waals surface area contributed by atoms with Crippen LogP contribution >= 0.6 is 0 Å². The van der Waals surface area contributed by atoms with Crippen LogP contribution in [0.2, 0.25) is 0 Å². The molecule has 0 radical (unpaired) electrons. The van der Waals surface area contributed by atoms with Gasteiger partial charge < -0.3 is 19.9 Å². The highest BCUT2D eigenvalue weighted by atomic mass is 16.5. The van der Waals surface area contributed by atoms with Gasteiger partial charge in [-0.15, -0.1) is 0 Å². The summed E-state index contributed by atoms with van der Waals surface area (Å²) in [6.45, 7) is 3.69. The van der Waals surface area contributed by atoms with E-state index in [9.17, 15) is 14.4 Å². The van der Waals surface area contributed by atoms with E-state index in [0.717, 1.165) is 17.7 Å². The molecule has 2 aliphatic rings. The lowest BCUT2D eigenvalue weighted by atomic mass is 10.0. The Hall–Kier alpha value is -2.57. The summed E-state index contributed by atoms with van der Waals surface area (Å²) in [4.78, 5) is 39.5. The van der Waals surface area contributed by atoms with E-state index >= 15 is 0 Å². The Labute approximate surface area is 153 Å². The van der Waals surface area contributed by atoms with Crippen molar-refractivity contribution in [2.45, 2.75) is 38.6 Å². The van der Waals surface area contributed by atoms with Gasteiger partial charge >= 0.3 is 6.09 Å². The second-order valence-corrected chi connectivity index (χ2v) is 6.70. The molecule has 1 fully saturated rings. The first-order valence-electron chi connectivity index (χ1n) is 9.10. The molecule has 1 aromatic carbocycles. The molecule has 1 saturated heterocycles. The van der Waals surface area contributed by atoms with Crippen LogP contribution in [0.25, 0.3) is 0 Å². The molecule has 3 rings (SSSR count). The number of hydrogen-bond donors (Lipinski definition) is 1. The maximum atomic E-state index is 12.6. The Morgan fingerprint density at radius 2 is 1.92 bits per heavy atom. The summed E-state index contributed by atoms with van der Waals surface area (Å²) >= 11 is 0. The summed E-state index contributed by atoms with van der Waals surface area (Å²) in [5, 5.41) is 3.05. The Kier molecular flexibility index (Phi) is 5.44. The number of piperidine rings is 1. The number of nitrogens with one attached hydrogen (secondary N) is 1. The van der Waals surface area contributed by atoms with Crippen LogP contribution in [0.4, 0.5) is 10.5 Å². The van der Waals surface area contributed by atoms with Crippen molar-refractivity contribution in [3.8, 4) is 0 Å². The minimum atomic E-state index is -0.320. The van der Waals surface area contributed by atoms with E-state index in [0.29, 0.717) is 44.5 Å². The second kappa shape index (κ2) is 7.76. The molecule has 2 aliphatic heterocycles. The molecule has 3 amide bonds. The number of carbonyl (C=O) groups excluding carboxylic acids is 3. The topological polar surface area (TPSA) is 79.0 Å². The molecule has 140 valence electrons. The first kappa shape index (κ1) is 18.2. The van der Waals surface area contributed by atoms with Crippen molar-refractivity contribution in [2.24, 2.45) is 0 Å². The van der Waals surface area contributed by atoms with Crippen molar-refractivity contribution in [2.75, 3.05) is 31.6 Å². The Balaban J connectivity index is 1.60. The van der Waals surface area contributed by atoms with E-state index in [1.807, 2.05) is 19.1 Å². The largest absolute Gasteiger partial charge is 0.453 e. The van der Waals surface area contributed by atoms with Gasteiger partial charge in [-0.2, -0.15) is 0 Å². The van der Waals surface area contributed by atoms with Crippen molar-refractivity contribution in [1.82, 2.24) is 10.2 Å². The van der Waals surface area contributed by atoms with Gasteiger partial charge in [-0.1, -0.05) is 6.92 Å². The maximum absolute atomic E-state index is 12.6. The van der Waals surface area contributed by atoms with Gasteiger partial charge in [-0.05, 0) is 43.0 Å². The van der Waals surface area contributed by atoms with Crippen LogP contribution in [-0.4, -0.2) is 55.6 Å². The third-order valence-corrected chi connectivity index (χ3v) is 5.10. The molecule has 0 saturated carbocycles. The van der Waals surface area contributed by atoms with Crippen LogP contribution in [0.1, 0.15) is 42.1 Å². The molecule has 0 atom stereocenters. The maximum Gasteiger partial charge on any atom is 0.409 e. The minimum Gasteiger partial charge on any atom is -0.453 e. The van der Waals surface area contributed by atoms with Gasteiger partial charge in [0.05, 0.1) is 7.11 Å². The number of carbonyl (C=O) groups is 3. The Bertz CT molecular complexity index is 711. The number of anilines is 1. The monoisotopic (exact) mass is 359 g/mol. The fourth-order valence-electron chi connectivity index (χ4n) is 3.60. The number of benzene rings is 1. The highest BCUT2D eigenvalue weighted by Crippen LogP contribution is 2.29. The van der Waals surface area contributed by atoms with Gasteiger partial charge in [0.15, 0.2) is 0 Å². The molecule has 2 heterocycles. The lowest BCUT2D eigenvalue weighted by Crippen LogP contribution is -2.46. The van der Waals surface area contributed by atoms with Crippen LogP contribution < -0.4 is 10.2 Å². The normalized spacial score (nSPS) is 17.0. The quantitative estimate of drug-likeness (QED) is 0.895. The van der Waals surface area contributed by atoms with Gasteiger partial charge in [0.25, 0.3) is 5.91 Å². The van der Waals surface area contributed by atoms with E-state index in [1.54, 1.807) is 15.9 Å². The number of ether oxygens (including phenoxy) is 1. The van der Waals surface area contributed by atoms with Crippen molar-refractivity contribution in [1.29, 1.82) is 0 Å². The molecule has 0 aliphatic carbocycles. The number of hydrogen-bond acceptors (Lipinski definition) is 4. The average Bonchev–Trinajstić information content (AvgIpc) is 3.10. The van der Waals surface area contributed by atoms with Crippen LogP contribution in [0.5, 0.6) is 0 Å². The highest BCUT2D eigenvalue weighted by molar-refractivity contribution is 5.98. The molecule has 1 aromatic rings. The molecule has 7 nitrogen and oxygen atoms in total. The number of methoxy groups -OCH3 is 1. The highest BCUT2D eigenvalue weighted by Gasteiger charge is 2.26. The third kappa shape index (κ3) is 3.66. The Morgan fingerprint density at radius 1 is 1.19 bits per heavy atom. The first-order chi connectivity index (χ1) is 12.5. The smallest absolute Gasteiger partial charge is 0.409 e. The summed E-state index contributed by atoms with van der Waals surface area (Å²) in [7, 11) is 1.37. The summed E-state index contributed by atoms with van der Waals surface area (Å²) in [6, 6.07) is 5.58. The number of likely N-dealkylation sites (tertiary alicyclic amines) is 1. The number of fused-ring (bicyclic) bond motifs is 1. The molecule has 0 spiro atoms. The van der Waals surface area contributed by atoms with Gasteiger partial charge in [-0.3, -0.25) is 9.59 Å². The van der Waals surface area contributed by atoms with E-state index in [1.165, 1.54) is 7.11 Å². The van der Waals surface area contributed by atoms with Gasteiger partial charge in [0.1, 0.15) is 0 Å². The summed E-state index contributed by atoms with van der Waals surface area (Å²) in [5.74, 6) is 0.00269. The predicted octanol–water partition coefficient (Wildman–Crippen LogP) is 1.95. The van der Waals surface area contributed by atoms with Gasteiger partial charge in [-0.25, -0.2) is 4.79 Å². The zero-order chi connectivity index (χ0) is 18.7. The minimum absolute atomic E-state index is 0.0508. The fraction of sp³-hybridized carbons (Fsp3) is 0.526. The number of nitrogens with zero attached hydrogens (tertiary/aromatic N) is 2. The van der Waals surface area contributed by atoms with E-state index in [2.05, 4.69) is 5.32 Å². The summed E-state index contributed by atoms with van der Waals surface area (Å²) in [6.07, 6.45) is 2.36. The zero-order valence-corrected chi connectivity index (χ0v) is 15.3. The van der Waals surface area contributed by atoms with Crippen LogP contribution in [0.3, 0.4) is 0 Å². The fourth-order valence-corrected chi connectivity index (χ4v) is 3.60. The number of amides is 3. The molecular formula is C19H25N3O4. The molecule has 26 heavy (non-hydrogen) atoms. The third-order valence-electron chi connectivity index (χ3n) is 5.10. The SMILES string of the molecule is CCC(=O)N1CCc2cc(C(=O)NC3CCN(C(=O)OC)CC3)ccc21. The zero-order valence-electron chi connectivity index (χ0n) is 15.3. The Morgan fingerprint density at radius 3 is 2.58 bits per heavy atom. The molecule has 7 heteroatoms. The van der Waals surface area contributed by atoms with E-state index in [4.69, 9.17) is 4.74 Å². The van der Waals surface area contributed by atoms with Crippen LogP contribution in [0, 0.1) is 0 Å². The predicted molar refractivity (Wildman–Crippen MR) is 97.3 cm³/mol. The van der Waals surface area contributed by atoms with Crippen molar-refractivity contribution < 1.29 is 19.1 Å². The molecule has 0 bridgehead atoms. The first-order valence-corrected chi connectivity index (χ1v) is 9.10. The summed E-state index contributed by atoms with van der Waals surface area (Å²) < 4.78 is 4.72. The van der Waals surface area contributed by atoms with E-state index in [-0.39, 0.29) is 23.9 Å². The van der Waals surface area contributed by atoms with Crippen LogP contribution in [-0.2, 0) is 16.0 Å². The summed E-state index contributed by atoms with van der Waals surface area (Å²) in [5.41, 5.74) is 2.57. The van der Waals surface area contributed by atoms with Crippen molar-refractivity contribution in [3.63, 3.8) is 0 Å². The van der Waals surface area contributed by atoms with Crippen molar-refractivity contribution in [3.05, 3.63) is 29.3 Å². The molecule has 0 unspecified atom stereocenters. The van der Waals surface area contributed by atoms with Crippen molar-refractivity contribution >= 4 is 23.6 Å². The average molecular weight is 359 g/mol. The molecule has 0 aromatic heterocycles. The standard InChI is InChI=1S/C19H25N3O4/c1-3-17(23)22-11-6-13-12-14(4-5-16(13)22)18(24)20-15-7-9-21(10-8-15)19(25)26-2/h4-5,12,15H,3,6-11H2,1-2H3,(H,20,24). The molecular weight excluding hydrogens is 334 g/mol. The lowest BCUT2D eigenvalue weighted by molar-refractivity contribution is -0.118. The van der Waals surface area contributed by atoms with E-state index < -0.39 is 0 Å².